The summed E-state index contributed by atoms with van der Waals surface area (Å²) >= 11 is 0. The quantitative estimate of drug-likeness (QED) is 0.715. The van der Waals surface area contributed by atoms with E-state index in [4.69, 9.17) is 4.74 Å². The van der Waals surface area contributed by atoms with Crippen LogP contribution in [0.2, 0.25) is 0 Å². The van der Waals surface area contributed by atoms with Gasteiger partial charge in [-0.25, -0.2) is 5.32 Å². The van der Waals surface area contributed by atoms with Crippen molar-refractivity contribution in [2.24, 2.45) is 0 Å². The lowest BCUT2D eigenvalue weighted by molar-refractivity contribution is 0.414. The van der Waals surface area contributed by atoms with Gasteiger partial charge in [-0.05, 0) is 37.0 Å². The summed E-state index contributed by atoms with van der Waals surface area (Å²) in [5, 5.41) is 4.55. The second-order valence-electron chi connectivity index (χ2n) is 3.76. The molecule has 1 aromatic rings. The van der Waals surface area contributed by atoms with Gasteiger partial charge in [-0.2, -0.15) is 0 Å². The molecule has 0 aromatic heterocycles. The maximum Gasteiger partial charge on any atom is 0.119 e. The van der Waals surface area contributed by atoms with E-state index >= 15 is 0 Å². The highest BCUT2D eigenvalue weighted by molar-refractivity contribution is 5.29. The van der Waals surface area contributed by atoms with Crippen molar-refractivity contribution in [3.05, 3.63) is 29.8 Å². The van der Waals surface area contributed by atoms with Gasteiger partial charge in [0, 0.05) is 12.6 Å². The van der Waals surface area contributed by atoms with E-state index in [-0.39, 0.29) is 0 Å². The fourth-order valence-corrected chi connectivity index (χ4v) is 1.93. The maximum atomic E-state index is 5.19. The van der Waals surface area contributed by atoms with E-state index < -0.39 is 0 Å². The minimum atomic E-state index is 0.544. The second kappa shape index (κ2) is 4.47. The molecule has 1 fully saturated rings. The van der Waals surface area contributed by atoms with Crippen LogP contribution in [0.25, 0.3) is 0 Å². The Bertz CT molecular complexity index is 292. The minimum absolute atomic E-state index is 0.544. The van der Waals surface area contributed by atoms with Gasteiger partial charge in [0.1, 0.15) is 5.75 Å². The molecular weight excluding hydrogens is 174 g/mol. The summed E-state index contributed by atoms with van der Waals surface area (Å²) in [6, 6.07) is 8.82. The standard InChI is InChI=1S/C12H16NO/c1-14-12-6-2-4-10(9-12)8-11-5-3-7-13-11/h2,4,6,9,11H,3,5,7-8H2,1H3. The van der Waals surface area contributed by atoms with Crippen molar-refractivity contribution < 1.29 is 4.74 Å². The van der Waals surface area contributed by atoms with E-state index in [1.54, 1.807) is 7.11 Å². The van der Waals surface area contributed by atoms with E-state index in [1.165, 1.54) is 18.4 Å². The van der Waals surface area contributed by atoms with Crippen LogP contribution in [0.4, 0.5) is 0 Å². The number of nitrogens with zero attached hydrogens (tertiary/aromatic N) is 1. The van der Waals surface area contributed by atoms with Crippen molar-refractivity contribution in [3.8, 4) is 5.75 Å². The van der Waals surface area contributed by atoms with Crippen LogP contribution >= 0.6 is 0 Å². The van der Waals surface area contributed by atoms with Gasteiger partial charge in [0.25, 0.3) is 0 Å². The van der Waals surface area contributed by atoms with Crippen molar-refractivity contribution in [2.45, 2.75) is 25.3 Å². The number of ether oxygens (including phenoxy) is 1. The molecule has 0 N–H and O–H groups in total. The van der Waals surface area contributed by atoms with Crippen molar-refractivity contribution >= 4 is 0 Å². The number of methoxy groups -OCH3 is 1. The van der Waals surface area contributed by atoms with Crippen molar-refractivity contribution in [3.63, 3.8) is 0 Å². The number of hydrogen-bond acceptors (Lipinski definition) is 1. The summed E-state index contributed by atoms with van der Waals surface area (Å²) in [7, 11) is 1.71. The third-order valence-corrected chi connectivity index (χ3v) is 2.69. The second-order valence-corrected chi connectivity index (χ2v) is 3.76. The van der Waals surface area contributed by atoms with Crippen LogP contribution < -0.4 is 10.1 Å². The van der Waals surface area contributed by atoms with Crippen LogP contribution in [-0.2, 0) is 6.42 Å². The average Bonchev–Trinajstić information content (AvgIpc) is 2.71. The normalized spacial score (nSPS) is 21.1. The van der Waals surface area contributed by atoms with Gasteiger partial charge in [-0.15, -0.1) is 0 Å². The lowest BCUT2D eigenvalue weighted by Gasteiger charge is -2.09. The first-order chi connectivity index (χ1) is 6.88. The summed E-state index contributed by atoms with van der Waals surface area (Å²) in [5.74, 6) is 0.945. The first-order valence-corrected chi connectivity index (χ1v) is 5.18. The lowest BCUT2D eigenvalue weighted by Crippen LogP contribution is -2.16. The molecular formula is C12H16NO. The molecule has 1 radical (unpaired) electrons. The first kappa shape index (κ1) is 9.53. The zero-order valence-electron chi connectivity index (χ0n) is 8.57. The summed E-state index contributed by atoms with van der Waals surface area (Å²) in [4.78, 5) is 0. The Morgan fingerprint density at radius 3 is 3.14 bits per heavy atom. The fourth-order valence-electron chi connectivity index (χ4n) is 1.93. The molecule has 0 bridgehead atoms. The molecule has 0 amide bonds. The number of rotatable bonds is 3. The van der Waals surface area contributed by atoms with E-state index in [2.05, 4.69) is 17.4 Å². The molecule has 2 nitrogen and oxygen atoms in total. The van der Waals surface area contributed by atoms with Crippen LogP contribution in [0, 0.1) is 0 Å². The van der Waals surface area contributed by atoms with E-state index in [0.717, 1.165) is 18.7 Å². The molecule has 1 unspecified atom stereocenters. The highest BCUT2D eigenvalue weighted by Gasteiger charge is 2.15. The monoisotopic (exact) mass is 190 g/mol. The predicted molar refractivity (Wildman–Crippen MR) is 56.7 cm³/mol. The Labute approximate surface area is 85.3 Å². The minimum Gasteiger partial charge on any atom is -0.497 e. The third-order valence-electron chi connectivity index (χ3n) is 2.69. The Balaban J connectivity index is 2.00. The molecule has 2 rings (SSSR count). The molecule has 0 aliphatic carbocycles. The maximum absolute atomic E-state index is 5.19. The van der Waals surface area contributed by atoms with Gasteiger partial charge >= 0.3 is 0 Å². The van der Waals surface area contributed by atoms with Gasteiger partial charge in [-0.1, -0.05) is 12.1 Å². The van der Waals surface area contributed by atoms with Crippen molar-refractivity contribution in [1.82, 2.24) is 5.32 Å². The highest BCUT2D eigenvalue weighted by Crippen LogP contribution is 2.17. The van der Waals surface area contributed by atoms with E-state index in [9.17, 15) is 0 Å². The Hall–Kier alpha value is -1.02. The molecule has 1 aliphatic rings. The van der Waals surface area contributed by atoms with Crippen molar-refractivity contribution in [1.29, 1.82) is 0 Å². The summed E-state index contributed by atoms with van der Waals surface area (Å²) in [6.45, 7) is 1.05. The van der Waals surface area contributed by atoms with E-state index in [0.29, 0.717) is 6.04 Å². The molecule has 2 heteroatoms. The van der Waals surface area contributed by atoms with Crippen LogP contribution in [0.15, 0.2) is 24.3 Å². The summed E-state index contributed by atoms with van der Waals surface area (Å²) in [6.07, 6.45) is 3.57. The Kier molecular flexibility index (Phi) is 3.04. The average molecular weight is 190 g/mol. The molecule has 0 spiro atoms. The molecule has 1 atom stereocenters. The predicted octanol–water partition coefficient (Wildman–Crippen LogP) is 2.00. The van der Waals surface area contributed by atoms with Crippen LogP contribution in [0.3, 0.4) is 0 Å². The number of benzene rings is 1. The smallest absolute Gasteiger partial charge is 0.119 e. The van der Waals surface area contributed by atoms with Gasteiger partial charge in [0.2, 0.25) is 0 Å². The van der Waals surface area contributed by atoms with Gasteiger partial charge in [0.05, 0.1) is 7.11 Å². The largest absolute Gasteiger partial charge is 0.497 e. The molecule has 1 aliphatic heterocycles. The van der Waals surface area contributed by atoms with Gasteiger partial charge in [-0.3, -0.25) is 0 Å². The van der Waals surface area contributed by atoms with Gasteiger partial charge < -0.3 is 4.74 Å². The van der Waals surface area contributed by atoms with Crippen molar-refractivity contribution in [2.75, 3.05) is 13.7 Å². The van der Waals surface area contributed by atoms with E-state index in [1.807, 2.05) is 12.1 Å². The van der Waals surface area contributed by atoms with Gasteiger partial charge in [0.15, 0.2) is 0 Å². The molecule has 1 aromatic carbocycles. The Morgan fingerprint density at radius 1 is 1.50 bits per heavy atom. The highest BCUT2D eigenvalue weighted by atomic mass is 16.5. The van der Waals surface area contributed by atoms with Crippen LogP contribution in [-0.4, -0.2) is 19.7 Å². The number of hydrogen-bond donors (Lipinski definition) is 0. The first-order valence-electron chi connectivity index (χ1n) is 5.18. The summed E-state index contributed by atoms with van der Waals surface area (Å²) in [5.41, 5.74) is 1.33. The SMILES string of the molecule is COc1cccc(CC2CCC[N]2)c1. The lowest BCUT2D eigenvalue weighted by atomic mass is 10.0. The molecule has 75 valence electrons. The zero-order chi connectivity index (χ0) is 9.80. The molecule has 0 saturated carbocycles. The van der Waals surface area contributed by atoms with Crippen LogP contribution in [0.5, 0.6) is 5.75 Å². The van der Waals surface area contributed by atoms with Crippen LogP contribution in [0.1, 0.15) is 18.4 Å². The Morgan fingerprint density at radius 2 is 2.43 bits per heavy atom. The zero-order valence-corrected chi connectivity index (χ0v) is 8.57. The topological polar surface area (TPSA) is 23.3 Å². The third kappa shape index (κ3) is 2.26. The fraction of sp³-hybridized carbons (Fsp3) is 0.500. The molecule has 1 heterocycles. The molecule has 1 saturated heterocycles. The molecule has 14 heavy (non-hydrogen) atoms. The summed E-state index contributed by atoms with van der Waals surface area (Å²) < 4.78 is 5.19.